The third-order valence-corrected chi connectivity index (χ3v) is 4.12. The third-order valence-electron chi connectivity index (χ3n) is 4.12. The van der Waals surface area contributed by atoms with E-state index >= 15 is 4.39 Å². The van der Waals surface area contributed by atoms with E-state index in [4.69, 9.17) is 16.0 Å². The van der Waals surface area contributed by atoms with Gasteiger partial charge in [-0.25, -0.2) is 8.78 Å². The molecule has 0 atom stereocenters. The van der Waals surface area contributed by atoms with E-state index in [1.165, 1.54) is 0 Å². The van der Waals surface area contributed by atoms with Crippen molar-refractivity contribution >= 4 is 17.5 Å². The molecule has 0 saturated carbocycles. The molecule has 0 heterocycles. The second kappa shape index (κ2) is 9.71. The molecule has 190 valence electrons. The molecular weight excluding hydrogens is 508 g/mol. The van der Waals surface area contributed by atoms with Gasteiger partial charge in [0.2, 0.25) is 0 Å². The van der Waals surface area contributed by atoms with Gasteiger partial charge in [-0.1, -0.05) is 0 Å². The lowest BCUT2D eigenvalue weighted by molar-refractivity contribution is -0.274. The number of nitrogens with two attached hydrogens (primary N) is 1. The molecule has 3 aromatic carbocycles. The molecule has 0 saturated heterocycles. The standard InChI is InChI=1S/C22H12F8N2O4/c23-15-7-1-10(9-13(15)19(31)33)32-20(34)17-16(8-6-14(18(17)24)21(25,26)27)35-11-2-4-12(5-3-11)36-22(28,29)30/h1-9H,(H2,31,33)(H,32,34)/i1D,2D,3D,4D. The smallest absolute Gasteiger partial charge is 0.456 e. The van der Waals surface area contributed by atoms with Crippen LogP contribution in [0.2, 0.25) is 0 Å². The van der Waals surface area contributed by atoms with Crippen LogP contribution in [-0.4, -0.2) is 18.2 Å². The van der Waals surface area contributed by atoms with Gasteiger partial charge in [0.1, 0.15) is 28.6 Å². The Hall–Kier alpha value is -4.36. The van der Waals surface area contributed by atoms with Crippen LogP contribution in [0.1, 0.15) is 31.8 Å². The Kier molecular flexibility index (Phi) is 5.66. The minimum Gasteiger partial charge on any atom is -0.456 e. The average Bonchev–Trinajstić information content (AvgIpc) is 2.79. The van der Waals surface area contributed by atoms with Crippen LogP contribution in [0.5, 0.6) is 17.2 Å². The maximum atomic E-state index is 15.1. The van der Waals surface area contributed by atoms with Crippen LogP contribution in [0.25, 0.3) is 0 Å². The van der Waals surface area contributed by atoms with Crippen molar-refractivity contribution in [2.45, 2.75) is 12.5 Å². The van der Waals surface area contributed by atoms with Crippen molar-refractivity contribution in [1.82, 2.24) is 0 Å². The summed E-state index contributed by atoms with van der Waals surface area (Å²) in [5.41, 5.74) is -0.0714. The molecule has 14 heteroatoms. The fraction of sp³-hybridized carbons (Fsp3) is 0.0909. The summed E-state index contributed by atoms with van der Waals surface area (Å²) < 4.78 is 146. The lowest BCUT2D eigenvalue weighted by atomic mass is 10.1. The highest BCUT2D eigenvalue weighted by molar-refractivity contribution is 6.07. The number of ether oxygens (including phenoxy) is 2. The zero-order valence-electron chi connectivity index (χ0n) is 21.1. The van der Waals surface area contributed by atoms with Crippen molar-refractivity contribution < 1.29 is 59.7 Å². The van der Waals surface area contributed by atoms with E-state index in [9.17, 15) is 40.3 Å². The molecular formula is C22H12F8N2O4. The summed E-state index contributed by atoms with van der Waals surface area (Å²) >= 11 is 0. The lowest BCUT2D eigenvalue weighted by Gasteiger charge is -2.16. The summed E-state index contributed by atoms with van der Waals surface area (Å²) in [6.07, 6.45) is -10.7. The fourth-order valence-electron chi connectivity index (χ4n) is 2.66. The number of nitrogens with one attached hydrogen (secondary N) is 1. The van der Waals surface area contributed by atoms with Crippen LogP contribution in [0.4, 0.5) is 40.8 Å². The highest BCUT2D eigenvalue weighted by Crippen LogP contribution is 2.38. The number of amides is 2. The maximum absolute atomic E-state index is 15.1. The van der Waals surface area contributed by atoms with E-state index in [2.05, 4.69) is 4.74 Å². The molecule has 3 aromatic rings. The summed E-state index contributed by atoms with van der Waals surface area (Å²) in [4.78, 5) is 24.3. The fourth-order valence-corrected chi connectivity index (χ4v) is 2.66. The molecule has 0 bridgehead atoms. The summed E-state index contributed by atoms with van der Waals surface area (Å²) in [5.74, 6) is -10.1. The molecule has 0 aliphatic heterocycles. The number of rotatable bonds is 6. The van der Waals surface area contributed by atoms with Gasteiger partial charge in [0.25, 0.3) is 11.8 Å². The van der Waals surface area contributed by atoms with Crippen molar-refractivity contribution in [3.63, 3.8) is 0 Å². The Morgan fingerprint density at radius 2 is 1.58 bits per heavy atom. The quantitative estimate of drug-likeness (QED) is 0.386. The summed E-state index contributed by atoms with van der Waals surface area (Å²) in [7, 11) is 0. The monoisotopic (exact) mass is 524 g/mol. The Morgan fingerprint density at radius 1 is 0.917 bits per heavy atom. The first-order chi connectivity index (χ1) is 18.3. The summed E-state index contributed by atoms with van der Waals surface area (Å²) in [5, 5.41) is 1.81. The molecule has 36 heavy (non-hydrogen) atoms. The van der Waals surface area contributed by atoms with Crippen LogP contribution in [0, 0.1) is 11.6 Å². The first kappa shape index (κ1) is 21.0. The van der Waals surface area contributed by atoms with Crippen LogP contribution in [-0.2, 0) is 6.18 Å². The zero-order valence-corrected chi connectivity index (χ0v) is 17.1. The molecule has 0 radical (unpaired) electrons. The van der Waals surface area contributed by atoms with Crippen LogP contribution in [0.15, 0.2) is 54.5 Å². The number of alkyl halides is 6. The second-order valence-electron chi connectivity index (χ2n) is 6.61. The normalized spacial score (nSPS) is 13.2. The van der Waals surface area contributed by atoms with Gasteiger partial charge in [0, 0.05) is 5.69 Å². The summed E-state index contributed by atoms with van der Waals surface area (Å²) in [6.45, 7) is 0. The van der Waals surface area contributed by atoms with Gasteiger partial charge in [0.05, 0.1) is 16.6 Å². The number of hydrogen-bond donors (Lipinski definition) is 2. The van der Waals surface area contributed by atoms with E-state index in [1.807, 2.05) is 0 Å². The minimum absolute atomic E-state index is 0.121. The van der Waals surface area contributed by atoms with Crippen molar-refractivity contribution in [2.24, 2.45) is 5.73 Å². The van der Waals surface area contributed by atoms with Gasteiger partial charge >= 0.3 is 12.5 Å². The van der Waals surface area contributed by atoms with Gasteiger partial charge in [-0.05, 0) is 54.5 Å². The van der Waals surface area contributed by atoms with Crippen molar-refractivity contribution in [3.8, 4) is 17.2 Å². The van der Waals surface area contributed by atoms with Gasteiger partial charge < -0.3 is 20.5 Å². The van der Waals surface area contributed by atoms with E-state index in [0.717, 1.165) is 0 Å². The van der Waals surface area contributed by atoms with Crippen molar-refractivity contribution in [3.05, 3.63) is 82.8 Å². The van der Waals surface area contributed by atoms with Gasteiger partial charge in [0.15, 0.2) is 5.82 Å². The molecule has 0 aliphatic rings. The third kappa shape index (κ3) is 6.20. The number of anilines is 1. The molecule has 0 aromatic heterocycles. The first-order valence-corrected chi connectivity index (χ1v) is 9.17. The highest BCUT2D eigenvalue weighted by Gasteiger charge is 2.37. The molecule has 0 unspecified atom stereocenters. The molecule has 2 amide bonds. The Labute approximate surface area is 201 Å². The van der Waals surface area contributed by atoms with Crippen molar-refractivity contribution in [1.29, 1.82) is 0 Å². The van der Waals surface area contributed by atoms with Gasteiger partial charge in [-0.2, -0.15) is 13.2 Å². The molecule has 3 rings (SSSR count). The maximum Gasteiger partial charge on any atom is 0.573 e. The molecule has 6 nitrogen and oxygen atoms in total. The van der Waals surface area contributed by atoms with E-state index in [1.54, 1.807) is 5.32 Å². The van der Waals surface area contributed by atoms with Crippen molar-refractivity contribution in [2.75, 3.05) is 5.32 Å². The van der Waals surface area contributed by atoms with E-state index < -0.39 is 99.8 Å². The predicted octanol–water partition coefficient (Wildman–Crippen LogP) is 6.03. The number of benzene rings is 3. The molecule has 0 spiro atoms. The number of primary amides is 1. The largest absolute Gasteiger partial charge is 0.573 e. The minimum atomic E-state index is -5.36. The number of halogens is 8. The predicted molar refractivity (Wildman–Crippen MR) is 107 cm³/mol. The molecule has 0 fully saturated rings. The average molecular weight is 524 g/mol. The highest BCUT2D eigenvalue weighted by atomic mass is 19.4. The molecule has 0 aliphatic carbocycles. The Bertz CT molecular complexity index is 1530. The molecule has 3 N–H and O–H groups in total. The number of hydrogen-bond acceptors (Lipinski definition) is 4. The van der Waals surface area contributed by atoms with E-state index in [-0.39, 0.29) is 6.07 Å². The van der Waals surface area contributed by atoms with Crippen LogP contribution >= 0.6 is 0 Å². The topological polar surface area (TPSA) is 90.7 Å². The van der Waals surface area contributed by atoms with Crippen LogP contribution < -0.4 is 20.5 Å². The van der Waals surface area contributed by atoms with Gasteiger partial charge in [-0.3, -0.25) is 9.59 Å². The number of carbonyl (C=O) groups is 2. The number of carbonyl (C=O) groups excluding carboxylic acids is 2. The van der Waals surface area contributed by atoms with Gasteiger partial charge in [-0.15, -0.1) is 13.2 Å². The lowest BCUT2D eigenvalue weighted by Crippen LogP contribution is -2.19. The first-order valence-electron chi connectivity index (χ1n) is 11.2. The second-order valence-corrected chi connectivity index (χ2v) is 6.61. The summed E-state index contributed by atoms with van der Waals surface area (Å²) in [6, 6.07) is -2.60. The zero-order chi connectivity index (χ0) is 30.3. The van der Waals surface area contributed by atoms with E-state index in [0.29, 0.717) is 24.3 Å². The Morgan fingerprint density at radius 3 is 2.19 bits per heavy atom. The SMILES string of the molecule is [2H]c1cc(F)c(C(N)=O)cc1NC(=O)c1c(Oc2c([2H])cc(OC(F)(F)F)c([2H])c2[2H])ccc(C(F)(F)F)c1F. The Balaban J connectivity index is 2.15. The van der Waals surface area contributed by atoms with Crippen LogP contribution in [0.3, 0.4) is 0 Å².